The van der Waals surface area contributed by atoms with Crippen molar-refractivity contribution < 1.29 is 16.4 Å². The standard InChI is InChI=1S/C51H32N4/c1-3-14-33(15-4-1)36-28-31-47-45(32-36)41-21-11-12-25-46(41)55(47)37-29-26-35(27-30-37)50-52-49(34-16-5-2-6-17-34)53-51(54-50)44-24-13-23-43-40-19-8-7-18-38(40)39-20-9-10-22-42(39)48(43)44/h1-32H/i1D,3D,4D,11D,12D,14D,15D,21D,25D,28D,31D,32D. The molecule has 0 spiro atoms. The van der Waals surface area contributed by atoms with E-state index in [2.05, 4.69) is 30.3 Å². The van der Waals surface area contributed by atoms with Gasteiger partial charge in [-0.2, -0.15) is 0 Å². The predicted molar refractivity (Wildman–Crippen MR) is 228 cm³/mol. The Bertz CT molecular complexity index is 3880. The summed E-state index contributed by atoms with van der Waals surface area (Å²) in [5.74, 6) is 1.22. The van der Waals surface area contributed by atoms with E-state index in [4.69, 9.17) is 27.3 Å². The maximum atomic E-state index is 9.49. The number of hydrogen-bond donors (Lipinski definition) is 0. The number of aromatic nitrogens is 4. The van der Waals surface area contributed by atoms with Gasteiger partial charge in [0.05, 0.1) is 27.5 Å². The lowest BCUT2D eigenvalue weighted by Gasteiger charge is -2.15. The van der Waals surface area contributed by atoms with Crippen LogP contribution in [0.15, 0.2) is 194 Å². The molecule has 0 aliphatic carbocycles. The molecule has 0 aliphatic heterocycles. The largest absolute Gasteiger partial charge is 0.309 e. The first-order valence-corrected chi connectivity index (χ1v) is 17.6. The smallest absolute Gasteiger partial charge is 0.164 e. The second kappa shape index (κ2) is 12.6. The summed E-state index contributed by atoms with van der Waals surface area (Å²) in [4.78, 5) is 15.1. The first-order valence-electron chi connectivity index (χ1n) is 23.6. The van der Waals surface area contributed by atoms with E-state index >= 15 is 0 Å². The van der Waals surface area contributed by atoms with Crippen LogP contribution in [0.4, 0.5) is 0 Å². The van der Waals surface area contributed by atoms with Crippen LogP contribution in [-0.4, -0.2) is 19.5 Å². The van der Waals surface area contributed by atoms with Gasteiger partial charge in [0.25, 0.3) is 0 Å². The fourth-order valence-electron chi connectivity index (χ4n) is 7.52. The zero-order valence-electron chi connectivity index (χ0n) is 40.8. The Morgan fingerprint density at radius 2 is 0.927 bits per heavy atom. The van der Waals surface area contributed by atoms with Crippen molar-refractivity contribution in [3.8, 4) is 51.0 Å². The number of hydrogen-bond acceptors (Lipinski definition) is 3. The summed E-state index contributed by atoms with van der Waals surface area (Å²) in [7, 11) is 0. The summed E-state index contributed by atoms with van der Waals surface area (Å²) in [5.41, 5.74) is 1.41. The van der Waals surface area contributed by atoms with E-state index in [1.165, 1.54) is 4.57 Å². The molecule has 0 bridgehead atoms. The average Bonchev–Trinajstić information content (AvgIpc) is 3.73. The lowest BCUT2D eigenvalue weighted by atomic mass is 9.91. The van der Waals surface area contributed by atoms with E-state index < -0.39 is 83.6 Å². The summed E-state index contributed by atoms with van der Waals surface area (Å²) < 4.78 is 107. The van der Waals surface area contributed by atoms with Crippen molar-refractivity contribution in [2.45, 2.75) is 0 Å². The molecule has 4 nitrogen and oxygen atoms in total. The van der Waals surface area contributed by atoms with Crippen molar-refractivity contribution in [3.63, 3.8) is 0 Å². The van der Waals surface area contributed by atoms with Gasteiger partial charge in [-0.05, 0) is 80.5 Å². The van der Waals surface area contributed by atoms with Gasteiger partial charge in [0.1, 0.15) is 0 Å². The van der Waals surface area contributed by atoms with E-state index in [0.29, 0.717) is 28.7 Å². The molecule has 0 N–H and O–H groups in total. The number of rotatable bonds is 5. The summed E-state index contributed by atoms with van der Waals surface area (Å²) in [5, 5.41) is 6.14. The lowest BCUT2D eigenvalue weighted by molar-refractivity contribution is 1.07. The van der Waals surface area contributed by atoms with Crippen molar-refractivity contribution in [1.29, 1.82) is 0 Å². The Morgan fingerprint density at radius 3 is 1.65 bits per heavy atom. The van der Waals surface area contributed by atoms with Gasteiger partial charge in [0, 0.05) is 38.5 Å². The highest BCUT2D eigenvalue weighted by Crippen LogP contribution is 2.40. The summed E-state index contributed by atoms with van der Waals surface area (Å²) in [6, 6.07) is 31.9. The Labute approximate surface area is 334 Å². The Hall–Kier alpha value is -7.43. The second-order valence-corrected chi connectivity index (χ2v) is 13.1. The molecule has 0 aliphatic rings. The Kier molecular flexibility index (Phi) is 4.89. The van der Waals surface area contributed by atoms with Crippen LogP contribution >= 0.6 is 0 Å². The molecule has 11 aromatic rings. The van der Waals surface area contributed by atoms with Gasteiger partial charge in [-0.25, -0.2) is 15.0 Å². The van der Waals surface area contributed by atoms with Gasteiger partial charge in [0.2, 0.25) is 0 Å². The molecule has 55 heavy (non-hydrogen) atoms. The van der Waals surface area contributed by atoms with Crippen LogP contribution in [0.2, 0.25) is 0 Å². The highest BCUT2D eigenvalue weighted by molar-refractivity contribution is 6.28. The first kappa shape index (κ1) is 21.3. The van der Waals surface area contributed by atoms with E-state index in [1.54, 1.807) is 24.3 Å². The summed E-state index contributed by atoms with van der Waals surface area (Å²) in [6.45, 7) is 0. The minimum Gasteiger partial charge on any atom is -0.309 e. The van der Waals surface area contributed by atoms with Crippen molar-refractivity contribution in [3.05, 3.63) is 194 Å². The highest BCUT2D eigenvalue weighted by atomic mass is 15.0. The van der Waals surface area contributed by atoms with Crippen LogP contribution in [0.1, 0.15) is 16.4 Å². The second-order valence-electron chi connectivity index (χ2n) is 13.1. The third-order valence-corrected chi connectivity index (χ3v) is 9.97. The van der Waals surface area contributed by atoms with Crippen molar-refractivity contribution in [2.75, 3.05) is 0 Å². The summed E-state index contributed by atoms with van der Waals surface area (Å²) in [6.07, 6.45) is 0. The fraction of sp³-hybridized carbons (Fsp3) is 0. The normalized spacial score (nSPS) is 14.7. The van der Waals surface area contributed by atoms with Crippen molar-refractivity contribution in [2.24, 2.45) is 0 Å². The van der Waals surface area contributed by atoms with Crippen LogP contribution in [0.25, 0.3) is 105 Å². The monoisotopic (exact) mass is 712 g/mol. The average molecular weight is 713 g/mol. The molecule has 256 valence electrons. The molecule has 0 unspecified atom stereocenters. The van der Waals surface area contributed by atoms with E-state index in [9.17, 15) is 4.11 Å². The number of para-hydroxylation sites is 1. The van der Waals surface area contributed by atoms with Gasteiger partial charge >= 0.3 is 0 Å². The first-order chi connectivity index (χ1) is 32.3. The maximum absolute atomic E-state index is 9.49. The quantitative estimate of drug-likeness (QED) is 0.167. The third-order valence-electron chi connectivity index (χ3n) is 9.97. The van der Waals surface area contributed by atoms with Gasteiger partial charge in [0.15, 0.2) is 17.5 Å². The molecule has 4 heteroatoms. The molecule has 0 fully saturated rings. The fourth-order valence-corrected chi connectivity index (χ4v) is 7.52. The lowest BCUT2D eigenvalue weighted by Crippen LogP contribution is -2.01. The van der Waals surface area contributed by atoms with Gasteiger partial charge < -0.3 is 4.57 Å². The van der Waals surface area contributed by atoms with Crippen LogP contribution in [0, 0.1) is 0 Å². The van der Waals surface area contributed by atoms with Gasteiger partial charge in [-0.1, -0.05) is 151 Å². The molecule has 9 aromatic carbocycles. The Balaban J connectivity index is 1.15. The molecule has 0 saturated carbocycles. The topological polar surface area (TPSA) is 43.6 Å². The highest BCUT2D eigenvalue weighted by Gasteiger charge is 2.18. The molecule has 11 rings (SSSR count). The van der Waals surface area contributed by atoms with Crippen LogP contribution < -0.4 is 0 Å². The van der Waals surface area contributed by atoms with E-state index in [-0.39, 0.29) is 21.8 Å². The zero-order chi connectivity index (χ0) is 46.7. The van der Waals surface area contributed by atoms with Crippen molar-refractivity contribution in [1.82, 2.24) is 19.5 Å². The van der Waals surface area contributed by atoms with Gasteiger partial charge in [-0.15, -0.1) is 0 Å². The molecular weight excluding hydrogens is 669 g/mol. The number of benzene rings is 9. The third kappa shape index (κ3) is 5.11. The van der Waals surface area contributed by atoms with E-state index in [0.717, 1.165) is 43.4 Å². The molecular formula is C51H32N4. The van der Waals surface area contributed by atoms with Crippen LogP contribution in [0.5, 0.6) is 0 Å². The SMILES string of the molecule is [2H]c1c([2H])c([2H])c(-c2c([2H])c([2H])c3c(c2[2H])c2c([2H])c([2H])c([2H])c([2H])c2n3-c2ccc(-c3nc(-c4ccccc4)nc(-c4cccc5c6ccccc6c6ccccc6c45)n3)cc2)c([2H])c1[2H]. The van der Waals surface area contributed by atoms with Crippen LogP contribution in [0.3, 0.4) is 0 Å². The van der Waals surface area contributed by atoms with Gasteiger partial charge in [-0.3, -0.25) is 0 Å². The number of nitrogens with zero attached hydrogens (tertiary/aromatic N) is 4. The summed E-state index contributed by atoms with van der Waals surface area (Å²) >= 11 is 0. The molecule has 0 saturated heterocycles. The minimum atomic E-state index is -0.689. The van der Waals surface area contributed by atoms with Crippen LogP contribution in [-0.2, 0) is 0 Å². The zero-order valence-corrected chi connectivity index (χ0v) is 28.8. The van der Waals surface area contributed by atoms with Crippen molar-refractivity contribution >= 4 is 54.1 Å². The molecule has 0 radical (unpaired) electrons. The maximum Gasteiger partial charge on any atom is 0.164 e. The molecule has 0 atom stereocenters. The minimum absolute atomic E-state index is 0.0714. The molecule has 2 heterocycles. The molecule has 2 aromatic heterocycles. The van der Waals surface area contributed by atoms with E-state index in [1.807, 2.05) is 66.7 Å². The number of fused-ring (bicyclic) bond motifs is 9. The molecule has 0 amide bonds. The Morgan fingerprint density at radius 1 is 0.364 bits per heavy atom. The predicted octanol–water partition coefficient (Wildman–Crippen LogP) is 13.1.